The summed E-state index contributed by atoms with van der Waals surface area (Å²) in [5.74, 6) is -0.0240. The first-order valence-electron chi connectivity index (χ1n) is 9.15. The molecule has 0 atom stereocenters. The van der Waals surface area contributed by atoms with E-state index in [0.717, 1.165) is 42.8 Å². The van der Waals surface area contributed by atoms with Crippen molar-refractivity contribution in [1.82, 2.24) is 4.90 Å². The summed E-state index contributed by atoms with van der Waals surface area (Å²) >= 11 is 12.3. The lowest BCUT2D eigenvalue weighted by Gasteiger charge is -2.35. The lowest BCUT2D eigenvalue weighted by atomic mass is 10.1. The lowest BCUT2D eigenvalue weighted by Crippen LogP contribution is -2.44. The standard InChI is InChI=1S/C21H21Cl2N3O2/c1-13-16-11-14(22)4-6-19(16)28-20(13)21(27)24-17-12-15(23)3-5-18(17)26-9-7-25(2)8-10-26/h3-6,11-12H,7-10H2,1-2H3,(H,24,27). The highest BCUT2D eigenvalue weighted by molar-refractivity contribution is 6.31. The second-order valence-corrected chi connectivity index (χ2v) is 7.98. The van der Waals surface area contributed by atoms with Crippen molar-refractivity contribution < 1.29 is 9.21 Å². The molecule has 1 amide bonds. The Morgan fingerprint density at radius 3 is 2.46 bits per heavy atom. The van der Waals surface area contributed by atoms with Crippen LogP contribution in [0, 0.1) is 6.92 Å². The van der Waals surface area contributed by atoms with E-state index in [1.807, 2.05) is 25.1 Å². The first-order chi connectivity index (χ1) is 13.4. The molecule has 1 saturated heterocycles. The molecule has 0 aliphatic carbocycles. The largest absolute Gasteiger partial charge is 0.451 e. The summed E-state index contributed by atoms with van der Waals surface area (Å²) in [6.07, 6.45) is 0. The van der Waals surface area contributed by atoms with E-state index in [-0.39, 0.29) is 11.7 Å². The summed E-state index contributed by atoms with van der Waals surface area (Å²) in [6, 6.07) is 10.9. The number of halogens is 2. The number of hydrogen-bond acceptors (Lipinski definition) is 4. The van der Waals surface area contributed by atoms with Crippen LogP contribution in [0.4, 0.5) is 11.4 Å². The van der Waals surface area contributed by atoms with Crippen molar-refractivity contribution in [2.75, 3.05) is 43.4 Å². The van der Waals surface area contributed by atoms with Crippen LogP contribution in [0.3, 0.4) is 0 Å². The SMILES string of the molecule is Cc1c(C(=O)Nc2cc(Cl)ccc2N2CCN(C)CC2)oc2ccc(Cl)cc12. The van der Waals surface area contributed by atoms with E-state index in [1.165, 1.54) is 0 Å². The molecule has 2 heterocycles. The Balaban J connectivity index is 1.65. The van der Waals surface area contributed by atoms with Crippen LogP contribution < -0.4 is 10.2 Å². The average molecular weight is 418 g/mol. The first-order valence-corrected chi connectivity index (χ1v) is 9.91. The number of hydrogen-bond donors (Lipinski definition) is 1. The van der Waals surface area contributed by atoms with Crippen LogP contribution in [-0.2, 0) is 0 Å². The van der Waals surface area contributed by atoms with Crippen LogP contribution in [0.5, 0.6) is 0 Å². The van der Waals surface area contributed by atoms with Gasteiger partial charge in [0.25, 0.3) is 5.91 Å². The van der Waals surface area contributed by atoms with Gasteiger partial charge in [0.05, 0.1) is 11.4 Å². The molecule has 1 N–H and O–H groups in total. The van der Waals surface area contributed by atoms with Crippen molar-refractivity contribution in [2.45, 2.75) is 6.92 Å². The number of aryl methyl sites for hydroxylation is 1. The molecule has 1 fully saturated rings. The van der Waals surface area contributed by atoms with Crippen LogP contribution in [0.1, 0.15) is 16.1 Å². The Hall–Kier alpha value is -2.21. The Labute approximate surface area is 173 Å². The molecule has 4 rings (SSSR count). The van der Waals surface area contributed by atoms with Crippen LogP contribution in [0.2, 0.25) is 10.0 Å². The Kier molecular flexibility index (Phi) is 5.23. The monoisotopic (exact) mass is 417 g/mol. The number of carbonyl (C=O) groups is 1. The van der Waals surface area contributed by atoms with Gasteiger partial charge in [-0.05, 0) is 50.4 Å². The number of carbonyl (C=O) groups excluding carboxylic acids is 1. The normalized spacial score (nSPS) is 15.2. The van der Waals surface area contributed by atoms with Crippen molar-refractivity contribution in [3.63, 3.8) is 0 Å². The molecule has 1 aliphatic heterocycles. The molecular weight excluding hydrogens is 397 g/mol. The van der Waals surface area contributed by atoms with Gasteiger partial charge in [0.15, 0.2) is 5.76 Å². The highest BCUT2D eigenvalue weighted by atomic mass is 35.5. The second-order valence-electron chi connectivity index (χ2n) is 7.10. The number of nitrogens with zero attached hydrogens (tertiary/aromatic N) is 2. The fraction of sp³-hybridized carbons (Fsp3) is 0.286. The maximum atomic E-state index is 13.0. The van der Waals surface area contributed by atoms with Crippen molar-refractivity contribution in [3.8, 4) is 0 Å². The van der Waals surface area contributed by atoms with Crippen LogP contribution >= 0.6 is 23.2 Å². The van der Waals surface area contributed by atoms with Gasteiger partial charge in [0, 0.05) is 47.2 Å². The number of anilines is 2. The summed E-state index contributed by atoms with van der Waals surface area (Å²) in [5.41, 5.74) is 3.04. The van der Waals surface area contributed by atoms with Crippen molar-refractivity contribution in [1.29, 1.82) is 0 Å². The van der Waals surface area contributed by atoms with Gasteiger partial charge in [-0.2, -0.15) is 0 Å². The lowest BCUT2D eigenvalue weighted by molar-refractivity contribution is 0.0998. The van der Waals surface area contributed by atoms with Gasteiger partial charge in [-0.3, -0.25) is 4.79 Å². The number of furan rings is 1. The Morgan fingerprint density at radius 2 is 1.71 bits per heavy atom. The highest BCUT2D eigenvalue weighted by Crippen LogP contribution is 2.32. The molecule has 5 nitrogen and oxygen atoms in total. The van der Waals surface area contributed by atoms with Crippen molar-refractivity contribution in [2.24, 2.45) is 0 Å². The summed E-state index contributed by atoms with van der Waals surface area (Å²) in [4.78, 5) is 17.5. The van der Waals surface area contributed by atoms with E-state index >= 15 is 0 Å². The maximum Gasteiger partial charge on any atom is 0.291 e. The Bertz CT molecular complexity index is 1040. The minimum atomic E-state index is -0.303. The van der Waals surface area contributed by atoms with E-state index < -0.39 is 0 Å². The predicted octanol–water partition coefficient (Wildman–Crippen LogP) is 5.05. The summed E-state index contributed by atoms with van der Waals surface area (Å²) in [6.45, 7) is 5.58. The third kappa shape index (κ3) is 3.70. The third-order valence-corrected chi connectivity index (χ3v) is 5.63. The zero-order valence-corrected chi connectivity index (χ0v) is 17.3. The smallest absolute Gasteiger partial charge is 0.291 e. The molecule has 3 aromatic rings. The molecule has 1 aromatic heterocycles. The van der Waals surface area contributed by atoms with E-state index in [0.29, 0.717) is 21.3 Å². The van der Waals surface area contributed by atoms with Crippen molar-refractivity contribution in [3.05, 3.63) is 57.8 Å². The van der Waals surface area contributed by atoms with Gasteiger partial charge in [-0.15, -0.1) is 0 Å². The second kappa shape index (κ2) is 7.66. The van der Waals surface area contributed by atoms with Gasteiger partial charge in [-0.1, -0.05) is 23.2 Å². The molecular formula is C21H21Cl2N3O2. The zero-order chi connectivity index (χ0) is 19.8. The average Bonchev–Trinajstić information content (AvgIpc) is 2.99. The third-order valence-electron chi connectivity index (χ3n) is 5.16. The number of likely N-dealkylation sites (N-methyl/N-ethyl adjacent to an activating group) is 1. The molecule has 7 heteroatoms. The van der Waals surface area contributed by atoms with Crippen LogP contribution in [-0.4, -0.2) is 44.0 Å². The summed E-state index contributed by atoms with van der Waals surface area (Å²) in [5, 5.41) is 5.00. The number of amides is 1. The van der Waals surface area contributed by atoms with Crippen molar-refractivity contribution >= 4 is 51.5 Å². The van der Waals surface area contributed by atoms with Gasteiger partial charge >= 0.3 is 0 Å². The molecule has 0 saturated carbocycles. The van der Waals surface area contributed by atoms with E-state index in [1.54, 1.807) is 18.2 Å². The molecule has 0 bridgehead atoms. The predicted molar refractivity (Wildman–Crippen MR) is 115 cm³/mol. The van der Waals surface area contributed by atoms with Crippen LogP contribution in [0.15, 0.2) is 40.8 Å². The fourth-order valence-electron chi connectivity index (χ4n) is 3.52. The van der Waals surface area contributed by atoms with Crippen LogP contribution in [0.25, 0.3) is 11.0 Å². The zero-order valence-electron chi connectivity index (χ0n) is 15.8. The number of rotatable bonds is 3. The number of fused-ring (bicyclic) bond motifs is 1. The quantitative estimate of drug-likeness (QED) is 0.647. The first kappa shape index (κ1) is 19.1. The van der Waals surface area contributed by atoms with E-state index in [9.17, 15) is 4.79 Å². The number of nitrogens with one attached hydrogen (secondary N) is 1. The number of benzene rings is 2. The molecule has 28 heavy (non-hydrogen) atoms. The number of piperazine rings is 1. The highest BCUT2D eigenvalue weighted by Gasteiger charge is 2.22. The minimum absolute atomic E-state index is 0.279. The molecule has 1 aliphatic rings. The molecule has 146 valence electrons. The van der Waals surface area contributed by atoms with Gasteiger partial charge in [0.1, 0.15) is 5.58 Å². The van der Waals surface area contributed by atoms with Gasteiger partial charge in [-0.25, -0.2) is 0 Å². The minimum Gasteiger partial charge on any atom is -0.451 e. The topological polar surface area (TPSA) is 48.7 Å². The van der Waals surface area contributed by atoms with Gasteiger partial charge in [0.2, 0.25) is 0 Å². The fourth-order valence-corrected chi connectivity index (χ4v) is 3.86. The van der Waals surface area contributed by atoms with E-state index in [4.69, 9.17) is 27.6 Å². The molecule has 0 spiro atoms. The Morgan fingerprint density at radius 1 is 1.04 bits per heavy atom. The molecule has 2 aromatic carbocycles. The maximum absolute atomic E-state index is 13.0. The summed E-state index contributed by atoms with van der Waals surface area (Å²) in [7, 11) is 2.11. The van der Waals surface area contributed by atoms with Gasteiger partial charge < -0.3 is 19.5 Å². The van der Waals surface area contributed by atoms with E-state index in [2.05, 4.69) is 22.2 Å². The summed E-state index contributed by atoms with van der Waals surface area (Å²) < 4.78 is 5.79. The molecule has 0 unspecified atom stereocenters. The molecule has 0 radical (unpaired) electrons.